The Balaban J connectivity index is 1.92. The monoisotopic (exact) mass is 422 g/mol. The highest BCUT2D eigenvalue weighted by Gasteiger charge is 2.28. The van der Waals surface area contributed by atoms with Gasteiger partial charge in [0.25, 0.3) is 0 Å². The number of esters is 1. The molecule has 2 heterocycles. The number of ether oxygens (including phenoxy) is 1. The number of hydrogen-bond donors (Lipinski definition) is 0. The maximum atomic E-state index is 12.3. The summed E-state index contributed by atoms with van der Waals surface area (Å²) in [4.78, 5) is 13.7. The lowest BCUT2D eigenvalue weighted by molar-refractivity contribution is -0.145. The summed E-state index contributed by atoms with van der Waals surface area (Å²) in [6.45, 7) is 10.9. The number of benzene rings is 1. The normalized spacial score (nSPS) is 15.5. The number of carbonyl (C=O) groups is 1. The van der Waals surface area contributed by atoms with Crippen molar-refractivity contribution in [2.24, 2.45) is 0 Å². The number of aryl methyl sites for hydroxylation is 1. The zero-order valence-electron chi connectivity index (χ0n) is 18.5. The minimum Gasteiger partial charge on any atom is -0.465 e. The minimum absolute atomic E-state index is 0.170. The topological polar surface area (TPSA) is 52.1 Å². The van der Waals surface area contributed by atoms with Gasteiger partial charge in [0.05, 0.1) is 18.5 Å². The molecule has 1 atom stereocenters. The second-order valence-electron chi connectivity index (χ2n) is 8.36. The first kappa shape index (κ1) is 22.4. The van der Waals surface area contributed by atoms with Crippen LogP contribution in [0.25, 0.3) is 0 Å². The lowest BCUT2D eigenvalue weighted by Crippen LogP contribution is -2.23. The van der Waals surface area contributed by atoms with Crippen LogP contribution in [-0.2, 0) is 14.9 Å². The van der Waals surface area contributed by atoms with Crippen molar-refractivity contribution in [2.75, 3.05) is 12.4 Å². The summed E-state index contributed by atoms with van der Waals surface area (Å²) in [6.07, 6.45) is 4.37. The van der Waals surface area contributed by atoms with E-state index < -0.39 is 5.92 Å². The molecule has 1 unspecified atom stereocenters. The summed E-state index contributed by atoms with van der Waals surface area (Å²) in [5.41, 5.74) is 5.16. The highest BCUT2D eigenvalue weighted by molar-refractivity contribution is 7.99. The van der Waals surface area contributed by atoms with Gasteiger partial charge in [-0.15, -0.1) is 11.8 Å². The smallest absolute Gasteiger partial charge is 0.315 e. The van der Waals surface area contributed by atoms with E-state index in [4.69, 9.17) is 4.74 Å². The van der Waals surface area contributed by atoms with Gasteiger partial charge in [0.2, 0.25) is 0 Å². The second-order valence-corrected chi connectivity index (χ2v) is 9.49. The molecule has 0 saturated heterocycles. The SMILES string of the molecule is CCCC(C(=O)OCC)c1cc(C#Cc2cc3c(cc2C)SCCC3(C)C)cnn1. The molecule has 1 aromatic heterocycles. The molecule has 4 nitrogen and oxygen atoms in total. The highest BCUT2D eigenvalue weighted by Crippen LogP contribution is 2.42. The fraction of sp³-hybridized carbons (Fsp3) is 0.480. The zero-order chi connectivity index (χ0) is 21.7. The molecule has 0 aliphatic carbocycles. The molecule has 0 fully saturated rings. The van der Waals surface area contributed by atoms with E-state index in [-0.39, 0.29) is 11.4 Å². The molecule has 0 radical (unpaired) electrons. The molecule has 2 aromatic rings. The van der Waals surface area contributed by atoms with E-state index >= 15 is 0 Å². The second kappa shape index (κ2) is 9.66. The molecule has 1 aliphatic rings. The van der Waals surface area contributed by atoms with Gasteiger partial charge in [0.1, 0.15) is 5.92 Å². The molecule has 1 aromatic carbocycles. The first-order chi connectivity index (χ1) is 14.4. The van der Waals surface area contributed by atoms with Crippen LogP contribution in [0, 0.1) is 18.8 Å². The van der Waals surface area contributed by atoms with Gasteiger partial charge in [-0.25, -0.2) is 0 Å². The third-order valence-electron chi connectivity index (χ3n) is 5.56. The number of aromatic nitrogens is 2. The Kier molecular flexibility index (Phi) is 7.20. The van der Waals surface area contributed by atoms with Crippen LogP contribution in [0.5, 0.6) is 0 Å². The molecule has 30 heavy (non-hydrogen) atoms. The minimum atomic E-state index is -0.396. The van der Waals surface area contributed by atoms with Crippen LogP contribution < -0.4 is 0 Å². The number of nitrogens with zero attached hydrogens (tertiary/aromatic N) is 2. The van der Waals surface area contributed by atoms with E-state index in [2.05, 4.69) is 54.9 Å². The Hall–Kier alpha value is -2.32. The van der Waals surface area contributed by atoms with Crippen LogP contribution in [-0.4, -0.2) is 28.5 Å². The third-order valence-corrected chi connectivity index (χ3v) is 6.62. The molecule has 0 bridgehead atoms. The predicted molar refractivity (Wildman–Crippen MR) is 122 cm³/mol. The van der Waals surface area contributed by atoms with Crippen LogP contribution in [0.1, 0.15) is 80.8 Å². The standard InChI is InChI=1S/C25H30N2O2S/c1-6-8-20(24(28)29-7-2)22-14-18(16-26-27-22)9-10-19-15-21-23(13-17(19)3)30-12-11-25(21,4)5/h13-16,20H,6-8,11-12H2,1-5H3. The summed E-state index contributed by atoms with van der Waals surface area (Å²) in [6, 6.07) is 6.38. The zero-order valence-corrected chi connectivity index (χ0v) is 19.4. The van der Waals surface area contributed by atoms with Crippen molar-refractivity contribution in [3.8, 4) is 11.8 Å². The number of thioether (sulfide) groups is 1. The molecule has 3 rings (SSSR count). The highest BCUT2D eigenvalue weighted by atomic mass is 32.2. The van der Waals surface area contributed by atoms with Crippen molar-refractivity contribution in [1.29, 1.82) is 0 Å². The average molecular weight is 423 g/mol. The van der Waals surface area contributed by atoms with E-state index in [0.717, 1.165) is 23.3 Å². The van der Waals surface area contributed by atoms with Crippen molar-refractivity contribution >= 4 is 17.7 Å². The first-order valence-electron chi connectivity index (χ1n) is 10.6. The fourth-order valence-electron chi connectivity index (χ4n) is 3.69. The molecule has 0 saturated carbocycles. The molecule has 1 aliphatic heterocycles. The van der Waals surface area contributed by atoms with E-state index in [1.807, 2.05) is 31.7 Å². The lowest BCUT2D eigenvalue weighted by Gasteiger charge is -2.32. The van der Waals surface area contributed by atoms with Crippen molar-refractivity contribution in [1.82, 2.24) is 10.2 Å². The number of hydrogen-bond acceptors (Lipinski definition) is 5. The Morgan fingerprint density at radius 2 is 2.07 bits per heavy atom. The summed E-state index contributed by atoms with van der Waals surface area (Å²) in [5, 5.41) is 8.28. The van der Waals surface area contributed by atoms with E-state index in [1.54, 1.807) is 6.20 Å². The van der Waals surface area contributed by atoms with Crippen molar-refractivity contribution in [3.63, 3.8) is 0 Å². The summed E-state index contributed by atoms with van der Waals surface area (Å²) >= 11 is 1.93. The fourth-order valence-corrected chi connectivity index (χ4v) is 5.28. The van der Waals surface area contributed by atoms with Gasteiger partial charge < -0.3 is 4.74 Å². The number of rotatable bonds is 5. The van der Waals surface area contributed by atoms with Gasteiger partial charge in [-0.05, 0) is 67.2 Å². The number of carbonyl (C=O) groups excluding carboxylic acids is 1. The Morgan fingerprint density at radius 3 is 2.80 bits per heavy atom. The quantitative estimate of drug-likeness (QED) is 0.477. The first-order valence-corrected chi connectivity index (χ1v) is 11.6. The summed E-state index contributed by atoms with van der Waals surface area (Å²) in [7, 11) is 0. The average Bonchev–Trinajstić information content (AvgIpc) is 2.71. The lowest BCUT2D eigenvalue weighted by atomic mass is 9.80. The van der Waals surface area contributed by atoms with Gasteiger partial charge in [0.15, 0.2) is 0 Å². The van der Waals surface area contributed by atoms with Crippen molar-refractivity contribution in [3.05, 3.63) is 52.3 Å². The van der Waals surface area contributed by atoms with Gasteiger partial charge in [0, 0.05) is 16.0 Å². The van der Waals surface area contributed by atoms with Crippen LogP contribution >= 0.6 is 11.8 Å². The molecule has 0 amide bonds. The molecule has 0 spiro atoms. The van der Waals surface area contributed by atoms with E-state index in [0.29, 0.717) is 18.7 Å². The van der Waals surface area contributed by atoms with Gasteiger partial charge in [-0.3, -0.25) is 4.79 Å². The Labute approximate surface area is 184 Å². The number of fused-ring (bicyclic) bond motifs is 1. The summed E-state index contributed by atoms with van der Waals surface area (Å²) < 4.78 is 5.22. The third kappa shape index (κ3) is 5.05. The Morgan fingerprint density at radius 1 is 1.27 bits per heavy atom. The van der Waals surface area contributed by atoms with E-state index in [1.165, 1.54) is 22.4 Å². The summed E-state index contributed by atoms with van der Waals surface area (Å²) in [5.74, 6) is 7.08. The maximum absolute atomic E-state index is 12.3. The van der Waals surface area contributed by atoms with Gasteiger partial charge >= 0.3 is 5.97 Å². The molecule has 158 valence electrons. The predicted octanol–water partition coefficient (Wildman–Crippen LogP) is 5.41. The van der Waals surface area contributed by atoms with Crippen molar-refractivity contribution in [2.45, 2.75) is 70.1 Å². The maximum Gasteiger partial charge on any atom is 0.315 e. The Bertz CT molecular complexity index is 988. The molecule has 5 heteroatoms. The van der Waals surface area contributed by atoms with Gasteiger partial charge in [-0.1, -0.05) is 39.0 Å². The van der Waals surface area contributed by atoms with E-state index in [9.17, 15) is 4.79 Å². The van der Waals surface area contributed by atoms with Crippen LogP contribution in [0.15, 0.2) is 29.3 Å². The van der Waals surface area contributed by atoms with Crippen molar-refractivity contribution < 1.29 is 9.53 Å². The molecular weight excluding hydrogens is 392 g/mol. The van der Waals surface area contributed by atoms with Crippen LogP contribution in [0.3, 0.4) is 0 Å². The van der Waals surface area contributed by atoms with Crippen LogP contribution in [0.4, 0.5) is 0 Å². The molecular formula is C25H30N2O2S. The van der Waals surface area contributed by atoms with Gasteiger partial charge in [-0.2, -0.15) is 10.2 Å². The van der Waals surface area contributed by atoms with Crippen LogP contribution in [0.2, 0.25) is 0 Å². The molecule has 0 N–H and O–H groups in total. The largest absolute Gasteiger partial charge is 0.465 e.